The van der Waals surface area contributed by atoms with E-state index in [0.29, 0.717) is 10.6 Å². The number of fused-ring (bicyclic) bond motifs is 1. The Morgan fingerprint density at radius 3 is 2.67 bits per heavy atom. The van der Waals surface area contributed by atoms with Gasteiger partial charge in [-0.3, -0.25) is 9.59 Å². The first-order chi connectivity index (χ1) is 16.1. The van der Waals surface area contributed by atoms with Gasteiger partial charge in [-0.15, -0.1) is 22.7 Å². The molecule has 1 aromatic carbocycles. The maximum absolute atomic E-state index is 12.8. The van der Waals surface area contributed by atoms with Crippen molar-refractivity contribution in [1.82, 2.24) is 9.78 Å². The second-order valence-electron chi connectivity index (χ2n) is 7.79. The Hall–Kier alpha value is -3.49. The average molecular weight is 475 g/mol. The zero-order valence-corrected chi connectivity index (χ0v) is 19.4. The number of para-hydroxylation sites is 1. The molecule has 5 rings (SSSR count). The van der Waals surface area contributed by atoms with Gasteiger partial charge in [-0.1, -0.05) is 24.3 Å². The molecular weight excluding hydrogens is 452 g/mol. The number of anilines is 1. The molecule has 4 aromatic rings. The van der Waals surface area contributed by atoms with Gasteiger partial charge in [0.25, 0.3) is 5.91 Å². The number of aryl methyl sites for hydroxylation is 1. The minimum absolute atomic E-state index is 0.305. The van der Waals surface area contributed by atoms with Crippen molar-refractivity contribution in [2.24, 2.45) is 5.73 Å². The standard InChI is InChI=1S/C25H22N4O2S2/c26-24(31)22-18-9-4-5-10-19(18)33-25(22)27-21(30)13-12-16-15-29(17-7-2-1-3-8-17)28-23(16)20-11-6-14-32-20/h1-3,6-8,11-15H,4-5,9-10H2,(H2,26,31)(H,27,30). The number of hydrogen-bond acceptors (Lipinski definition) is 5. The molecule has 0 fully saturated rings. The molecule has 0 saturated carbocycles. The summed E-state index contributed by atoms with van der Waals surface area (Å²) in [5, 5.41) is 10.2. The van der Waals surface area contributed by atoms with Gasteiger partial charge in [-0.2, -0.15) is 5.10 Å². The fourth-order valence-electron chi connectivity index (χ4n) is 4.06. The maximum Gasteiger partial charge on any atom is 0.251 e. The minimum Gasteiger partial charge on any atom is -0.365 e. The highest BCUT2D eigenvalue weighted by molar-refractivity contribution is 7.17. The van der Waals surface area contributed by atoms with E-state index in [-0.39, 0.29) is 5.91 Å². The predicted molar refractivity (Wildman–Crippen MR) is 134 cm³/mol. The lowest BCUT2D eigenvalue weighted by Gasteiger charge is -2.11. The Balaban J connectivity index is 1.43. The third-order valence-corrected chi connectivity index (χ3v) is 7.67. The second-order valence-corrected chi connectivity index (χ2v) is 9.85. The van der Waals surface area contributed by atoms with Crippen LogP contribution in [0.3, 0.4) is 0 Å². The van der Waals surface area contributed by atoms with Crippen LogP contribution in [-0.2, 0) is 17.6 Å². The fraction of sp³-hybridized carbons (Fsp3) is 0.160. The molecule has 6 nitrogen and oxygen atoms in total. The van der Waals surface area contributed by atoms with Crippen LogP contribution in [0, 0.1) is 0 Å². The molecule has 1 aliphatic rings. The Labute approximate surface area is 199 Å². The number of amides is 2. The van der Waals surface area contributed by atoms with Crippen molar-refractivity contribution in [3.63, 3.8) is 0 Å². The fourth-order valence-corrected chi connectivity index (χ4v) is 6.09. The number of benzene rings is 1. The van der Waals surface area contributed by atoms with Crippen LogP contribution in [-0.4, -0.2) is 21.6 Å². The van der Waals surface area contributed by atoms with Crippen molar-refractivity contribution in [1.29, 1.82) is 0 Å². The van der Waals surface area contributed by atoms with Crippen molar-refractivity contribution < 1.29 is 9.59 Å². The molecule has 0 radical (unpaired) electrons. The Bertz CT molecular complexity index is 1330. The lowest BCUT2D eigenvalue weighted by molar-refractivity contribution is -0.111. The van der Waals surface area contributed by atoms with E-state index in [0.717, 1.165) is 57.9 Å². The summed E-state index contributed by atoms with van der Waals surface area (Å²) in [7, 11) is 0. The number of thiophene rings is 2. The molecule has 0 spiro atoms. The van der Waals surface area contributed by atoms with E-state index in [1.54, 1.807) is 17.4 Å². The summed E-state index contributed by atoms with van der Waals surface area (Å²) in [5.41, 5.74) is 9.69. The summed E-state index contributed by atoms with van der Waals surface area (Å²) in [4.78, 5) is 27.0. The summed E-state index contributed by atoms with van der Waals surface area (Å²) in [6.07, 6.45) is 9.03. The summed E-state index contributed by atoms with van der Waals surface area (Å²) in [6.45, 7) is 0. The first kappa shape index (κ1) is 21.4. The van der Waals surface area contributed by atoms with Crippen LogP contribution in [0.4, 0.5) is 5.00 Å². The zero-order valence-electron chi connectivity index (χ0n) is 17.8. The molecule has 3 heterocycles. The highest BCUT2D eigenvalue weighted by atomic mass is 32.1. The van der Waals surface area contributed by atoms with Crippen LogP contribution in [0.2, 0.25) is 0 Å². The smallest absolute Gasteiger partial charge is 0.251 e. The predicted octanol–water partition coefficient (Wildman–Crippen LogP) is 5.29. The van der Waals surface area contributed by atoms with Gasteiger partial charge in [0.2, 0.25) is 5.91 Å². The normalized spacial score (nSPS) is 13.2. The zero-order chi connectivity index (χ0) is 22.8. The number of rotatable bonds is 6. The Kier molecular flexibility index (Phi) is 5.93. The quantitative estimate of drug-likeness (QED) is 0.372. The van der Waals surface area contributed by atoms with Crippen LogP contribution < -0.4 is 11.1 Å². The highest BCUT2D eigenvalue weighted by Crippen LogP contribution is 2.38. The number of aromatic nitrogens is 2. The van der Waals surface area contributed by atoms with Crippen molar-refractivity contribution in [2.45, 2.75) is 25.7 Å². The number of carbonyl (C=O) groups is 2. The lowest BCUT2D eigenvalue weighted by Crippen LogP contribution is -2.17. The molecule has 0 saturated heterocycles. The number of nitrogens with zero attached hydrogens (tertiary/aromatic N) is 2. The van der Waals surface area contributed by atoms with Gasteiger partial charge in [0.1, 0.15) is 10.7 Å². The summed E-state index contributed by atoms with van der Waals surface area (Å²) >= 11 is 3.06. The van der Waals surface area contributed by atoms with Gasteiger partial charge in [0.15, 0.2) is 0 Å². The van der Waals surface area contributed by atoms with E-state index >= 15 is 0 Å². The number of carbonyl (C=O) groups excluding carboxylic acids is 2. The third kappa shape index (κ3) is 4.40. The molecule has 0 aliphatic heterocycles. The second kappa shape index (κ2) is 9.17. The van der Waals surface area contributed by atoms with Crippen molar-refractivity contribution in [3.05, 3.63) is 81.7 Å². The SMILES string of the molecule is NC(=O)c1c(NC(=O)C=Cc2cn(-c3ccccc3)nc2-c2cccs2)sc2c1CCCC2. The van der Waals surface area contributed by atoms with E-state index in [9.17, 15) is 9.59 Å². The molecule has 0 atom stereocenters. The summed E-state index contributed by atoms with van der Waals surface area (Å²) in [6, 6.07) is 13.8. The van der Waals surface area contributed by atoms with Crippen LogP contribution in [0.15, 0.2) is 60.1 Å². The molecule has 2 amide bonds. The largest absolute Gasteiger partial charge is 0.365 e. The maximum atomic E-state index is 12.8. The van der Waals surface area contributed by atoms with E-state index in [2.05, 4.69) is 5.32 Å². The first-order valence-corrected chi connectivity index (χ1v) is 12.4. The van der Waals surface area contributed by atoms with E-state index in [4.69, 9.17) is 10.8 Å². The number of nitrogens with two attached hydrogens (primary N) is 1. The molecule has 1 aliphatic carbocycles. The summed E-state index contributed by atoms with van der Waals surface area (Å²) < 4.78 is 1.81. The number of hydrogen-bond donors (Lipinski definition) is 2. The molecule has 33 heavy (non-hydrogen) atoms. The Morgan fingerprint density at radius 2 is 1.91 bits per heavy atom. The molecular formula is C25H22N4O2S2. The van der Waals surface area contributed by atoms with Crippen molar-refractivity contribution >= 4 is 45.6 Å². The van der Waals surface area contributed by atoms with E-state index in [1.165, 1.54) is 17.4 Å². The molecule has 8 heteroatoms. The first-order valence-electron chi connectivity index (χ1n) is 10.7. The summed E-state index contributed by atoms with van der Waals surface area (Å²) in [5.74, 6) is -0.793. The molecule has 166 valence electrons. The van der Waals surface area contributed by atoms with Crippen LogP contribution in [0.25, 0.3) is 22.3 Å². The van der Waals surface area contributed by atoms with Crippen LogP contribution in [0.5, 0.6) is 0 Å². The molecule has 0 bridgehead atoms. The van der Waals surface area contributed by atoms with E-state index < -0.39 is 5.91 Å². The van der Waals surface area contributed by atoms with Gasteiger partial charge in [0.05, 0.1) is 16.1 Å². The van der Waals surface area contributed by atoms with Crippen LogP contribution >= 0.6 is 22.7 Å². The van der Waals surface area contributed by atoms with Crippen LogP contribution in [0.1, 0.15) is 39.2 Å². The topological polar surface area (TPSA) is 90.0 Å². The Morgan fingerprint density at radius 1 is 1.09 bits per heavy atom. The minimum atomic E-state index is -0.488. The van der Waals surface area contributed by atoms with Gasteiger partial charge in [-0.05, 0) is 60.9 Å². The van der Waals surface area contributed by atoms with Gasteiger partial charge in [0, 0.05) is 22.7 Å². The van der Waals surface area contributed by atoms with E-state index in [1.807, 2.05) is 58.7 Å². The van der Waals surface area contributed by atoms with Gasteiger partial charge in [-0.25, -0.2) is 4.68 Å². The van der Waals surface area contributed by atoms with Crippen molar-refractivity contribution in [3.8, 4) is 16.3 Å². The van der Waals surface area contributed by atoms with Gasteiger partial charge >= 0.3 is 0 Å². The molecule has 3 aromatic heterocycles. The average Bonchev–Trinajstić information content (AvgIpc) is 3.56. The van der Waals surface area contributed by atoms with Gasteiger partial charge < -0.3 is 11.1 Å². The monoisotopic (exact) mass is 474 g/mol. The number of nitrogens with one attached hydrogen (secondary N) is 1. The molecule has 0 unspecified atom stereocenters. The molecule has 3 N–H and O–H groups in total. The highest BCUT2D eigenvalue weighted by Gasteiger charge is 2.24. The number of primary amides is 1. The lowest BCUT2D eigenvalue weighted by atomic mass is 9.95. The van der Waals surface area contributed by atoms with Crippen molar-refractivity contribution in [2.75, 3.05) is 5.32 Å². The third-order valence-electron chi connectivity index (χ3n) is 5.59.